The Bertz CT molecular complexity index is 602. The molecule has 0 aromatic heterocycles. The van der Waals surface area contributed by atoms with Gasteiger partial charge in [0.2, 0.25) is 0 Å². The molecular weight excluding hydrogens is 308 g/mol. The van der Waals surface area contributed by atoms with Crippen molar-refractivity contribution < 1.29 is 19.0 Å². The lowest BCUT2D eigenvalue weighted by Crippen LogP contribution is -2.33. The minimum atomic E-state index is -0.584. The van der Waals surface area contributed by atoms with Crippen LogP contribution in [0.1, 0.15) is 52.0 Å². The Morgan fingerprint density at radius 3 is 2.29 bits per heavy atom. The topological polar surface area (TPSA) is 82.8 Å². The lowest BCUT2D eigenvalue weighted by molar-refractivity contribution is 0.0635. The van der Waals surface area contributed by atoms with Crippen LogP contribution < -0.4 is 20.5 Å². The first-order valence-corrected chi connectivity index (χ1v) is 8.24. The number of nitrogens with two attached hydrogens (primary N) is 1. The highest BCUT2D eigenvalue weighted by molar-refractivity contribution is 5.88. The number of hydrogen-bond donors (Lipinski definition) is 2. The number of amides is 1. The van der Waals surface area contributed by atoms with Crippen LogP contribution in [0.25, 0.3) is 0 Å². The smallest absolute Gasteiger partial charge is 0.412 e. The second kappa shape index (κ2) is 6.89. The zero-order valence-electron chi connectivity index (χ0n) is 15.2. The number of hydrogen-bond acceptors (Lipinski definition) is 5. The summed E-state index contributed by atoms with van der Waals surface area (Å²) in [5, 5.41) is 2.75. The Balaban J connectivity index is 2.39. The van der Waals surface area contributed by atoms with Crippen molar-refractivity contribution in [3.63, 3.8) is 0 Å². The molecule has 1 aromatic carbocycles. The fraction of sp³-hybridized carbons (Fsp3) is 0.611. The van der Waals surface area contributed by atoms with Crippen LogP contribution in [0.2, 0.25) is 0 Å². The molecule has 1 aliphatic rings. The Labute approximate surface area is 143 Å². The van der Waals surface area contributed by atoms with Gasteiger partial charge in [-0.05, 0) is 51.3 Å². The highest BCUT2D eigenvalue weighted by Crippen LogP contribution is 2.43. The normalized spacial score (nSPS) is 16.6. The summed E-state index contributed by atoms with van der Waals surface area (Å²) in [5.41, 5.74) is 7.01. The van der Waals surface area contributed by atoms with Crippen LogP contribution in [-0.2, 0) is 10.3 Å². The van der Waals surface area contributed by atoms with Crippen LogP contribution in [0.15, 0.2) is 12.1 Å². The van der Waals surface area contributed by atoms with E-state index in [1.807, 2.05) is 32.9 Å². The summed E-state index contributed by atoms with van der Waals surface area (Å²) in [4.78, 5) is 12.1. The van der Waals surface area contributed by atoms with Crippen molar-refractivity contribution in [2.24, 2.45) is 5.73 Å². The molecule has 0 atom stereocenters. The summed E-state index contributed by atoms with van der Waals surface area (Å²) in [6.07, 6.45) is 3.47. The van der Waals surface area contributed by atoms with E-state index in [-0.39, 0.29) is 0 Å². The molecule has 3 N–H and O–H groups in total. The van der Waals surface area contributed by atoms with Crippen molar-refractivity contribution in [1.82, 2.24) is 0 Å². The van der Waals surface area contributed by atoms with E-state index in [0.717, 1.165) is 31.2 Å². The van der Waals surface area contributed by atoms with E-state index >= 15 is 0 Å². The van der Waals surface area contributed by atoms with E-state index in [0.29, 0.717) is 17.2 Å². The summed E-state index contributed by atoms with van der Waals surface area (Å²) < 4.78 is 16.2. The summed E-state index contributed by atoms with van der Waals surface area (Å²) in [7, 11) is 3.10. The molecule has 1 saturated carbocycles. The molecule has 24 heavy (non-hydrogen) atoms. The molecule has 0 unspecified atom stereocenters. The molecule has 0 heterocycles. The lowest BCUT2D eigenvalue weighted by atomic mass is 9.88. The van der Waals surface area contributed by atoms with Gasteiger partial charge in [-0.15, -0.1) is 0 Å². The fourth-order valence-electron chi connectivity index (χ4n) is 3.05. The first-order chi connectivity index (χ1) is 11.2. The maximum Gasteiger partial charge on any atom is 0.412 e. The van der Waals surface area contributed by atoms with Gasteiger partial charge in [0.25, 0.3) is 0 Å². The molecular formula is C18H28N2O4. The van der Waals surface area contributed by atoms with Crippen molar-refractivity contribution in [2.45, 2.75) is 57.6 Å². The Kier molecular flexibility index (Phi) is 5.28. The maximum absolute atomic E-state index is 12.1. The number of carbonyl (C=O) groups is 1. The van der Waals surface area contributed by atoms with Crippen LogP contribution in [0.5, 0.6) is 11.5 Å². The van der Waals surface area contributed by atoms with Crippen LogP contribution in [-0.4, -0.2) is 25.9 Å². The van der Waals surface area contributed by atoms with Crippen LogP contribution in [0, 0.1) is 0 Å². The number of ether oxygens (including phenoxy) is 3. The summed E-state index contributed by atoms with van der Waals surface area (Å²) in [5.74, 6) is 0.992. The third-order valence-electron chi connectivity index (χ3n) is 4.19. The number of methoxy groups -OCH3 is 2. The average Bonchev–Trinajstić information content (AvgIpc) is 2.92. The van der Waals surface area contributed by atoms with Gasteiger partial charge in [0.05, 0.1) is 19.9 Å². The van der Waals surface area contributed by atoms with E-state index in [1.165, 1.54) is 7.11 Å². The minimum absolute atomic E-state index is 0.399. The number of rotatable bonds is 4. The molecule has 1 aliphatic carbocycles. The predicted octanol–water partition coefficient (Wildman–Crippen LogP) is 3.78. The molecule has 0 saturated heterocycles. The average molecular weight is 336 g/mol. The van der Waals surface area contributed by atoms with Gasteiger partial charge in [0.15, 0.2) is 11.5 Å². The van der Waals surface area contributed by atoms with E-state index in [4.69, 9.17) is 19.9 Å². The standard InChI is InChI=1S/C18H28N2O4/c1-17(2,3)24-16(21)20-13-10-12(18(19)8-6-7-9-18)11-14(22-4)15(13)23-5/h10-11H,6-9,19H2,1-5H3,(H,20,21). The lowest BCUT2D eigenvalue weighted by Gasteiger charge is -2.27. The fourth-order valence-corrected chi connectivity index (χ4v) is 3.05. The molecule has 0 radical (unpaired) electrons. The van der Waals surface area contributed by atoms with E-state index in [1.54, 1.807) is 7.11 Å². The SMILES string of the molecule is COc1cc(C2(N)CCCC2)cc(NC(=O)OC(C)(C)C)c1OC. The highest BCUT2D eigenvalue weighted by Gasteiger charge is 2.33. The summed E-state index contributed by atoms with van der Waals surface area (Å²) in [6.45, 7) is 5.44. The van der Waals surface area contributed by atoms with Crippen molar-refractivity contribution in [3.8, 4) is 11.5 Å². The molecule has 134 valence electrons. The number of anilines is 1. The van der Waals surface area contributed by atoms with Gasteiger partial charge in [-0.25, -0.2) is 4.79 Å². The molecule has 1 amide bonds. The molecule has 6 heteroatoms. The van der Waals surface area contributed by atoms with E-state index in [2.05, 4.69) is 5.32 Å². The van der Waals surface area contributed by atoms with Crippen molar-refractivity contribution >= 4 is 11.8 Å². The van der Waals surface area contributed by atoms with Gasteiger partial charge >= 0.3 is 6.09 Å². The van der Waals surface area contributed by atoms with Crippen LogP contribution in [0.3, 0.4) is 0 Å². The van der Waals surface area contributed by atoms with Gasteiger partial charge in [-0.1, -0.05) is 12.8 Å². The molecule has 0 bridgehead atoms. The van der Waals surface area contributed by atoms with Crippen LogP contribution >= 0.6 is 0 Å². The monoisotopic (exact) mass is 336 g/mol. The molecule has 6 nitrogen and oxygen atoms in total. The minimum Gasteiger partial charge on any atom is -0.493 e. The van der Waals surface area contributed by atoms with Crippen molar-refractivity contribution in [3.05, 3.63) is 17.7 Å². The van der Waals surface area contributed by atoms with Gasteiger partial charge in [-0.3, -0.25) is 5.32 Å². The molecule has 1 aromatic rings. The molecule has 0 spiro atoms. The second-order valence-electron chi connectivity index (χ2n) is 7.25. The Morgan fingerprint density at radius 2 is 1.79 bits per heavy atom. The van der Waals surface area contributed by atoms with Gasteiger partial charge in [0.1, 0.15) is 5.60 Å². The largest absolute Gasteiger partial charge is 0.493 e. The van der Waals surface area contributed by atoms with E-state index in [9.17, 15) is 4.79 Å². The highest BCUT2D eigenvalue weighted by atomic mass is 16.6. The van der Waals surface area contributed by atoms with Gasteiger partial charge in [0, 0.05) is 5.54 Å². The van der Waals surface area contributed by atoms with E-state index < -0.39 is 17.2 Å². The summed E-state index contributed by atoms with van der Waals surface area (Å²) >= 11 is 0. The first kappa shape index (κ1) is 18.4. The van der Waals surface area contributed by atoms with Crippen molar-refractivity contribution in [1.29, 1.82) is 0 Å². The third kappa shape index (κ3) is 4.12. The predicted molar refractivity (Wildman–Crippen MR) is 93.7 cm³/mol. The second-order valence-corrected chi connectivity index (χ2v) is 7.25. The van der Waals surface area contributed by atoms with Crippen LogP contribution in [0.4, 0.5) is 10.5 Å². The molecule has 0 aliphatic heterocycles. The summed E-state index contributed by atoms with van der Waals surface area (Å²) in [6, 6.07) is 3.75. The quantitative estimate of drug-likeness (QED) is 0.874. The molecule has 1 fully saturated rings. The zero-order valence-corrected chi connectivity index (χ0v) is 15.2. The van der Waals surface area contributed by atoms with Crippen molar-refractivity contribution in [2.75, 3.05) is 19.5 Å². The van der Waals surface area contributed by atoms with Gasteiger partial charge in [-0.2, -0.15) is 0 Å². The Hall–Kier alpha value is -1.95. The maximum atomic E-state index is 12.1. The molecule has 2 rings (SSSR count). The van der Waals surface area contributed by atoms with Gasteiger partial charge < -0.3 is 19.9 Å². The third-order valence-corrected chi connectivity index (χ3v) is 4.19. The number of nitrogens with one attached hydrogen (secondary N) is 1. The first-order valence-electron chi connectivity index (χ1n) is 8.24. The number of carbonyl (C=O) groups excluding carboxylic acids is 1. The Morgan fingerprint density at radius 1 is 1.17 bits per heavy atom. The zero-order chi connectivity index (χ0) is 18.0. The number of benzene rings is 1.